The van der Waals surface area contributed by atoms with Crippen molar-refractivity contribution in [1.82, 2.24) is 4.90 Å². The van der Waals surface area contributed by atoms with E-state index in [0.29, 0.717) is 3.57 Å². The molecule has 7 N–H and O–H groups in total. The minimum atomic E-state index is -1.32. The van der Waals surface area contributed by atoms with Crippen LogP contribution in [0.4, 0.5) is 5.69 Å². The summed E-state index contributed by atoms with van der Waals surface area (Å²) in [7, 11) is 1.37. The molecular weight excluding hydrogens is 755 g/mol. The van der Waals surface area contributed by atoms with E-state index >= 15 is 0 Å². The van der Waals surface area contributed by atoms with E-state index in [1.165, 1.54) is 7.05 Å². The number of anilines is 1. The molecule has 31 heavy (non-hydrogen) atoms. The summed E-state index contributed by atoms with van der Waals surface area (Å²) in [6, 6.07) is 0. The molecule has 1 aromatic carbocycles. The summed E-state index contributed by atoms with van der Waals surface area (Å²) in [4.78, 5) is 39.8. The van der Waals surface area contributed by atoms with E-state index in [2.05, 4.69) is 0 Å². The van der Waals surface area contributed by atoms with Crippen LogP contribution in [-0.2, 0) is 4.79 Å². The molecule has 0 aliphatic rings. The van der Waals surface area contributed by atoms with Gasteiger partial charge in [0.25, 0.3) is 17.7 Å². The van der Waals surface area contributed by atoms with Crippen molar-refractivity contribution >= 4 is 91.2 Å². The highest BCUT2D eigenvalue weighted by Crippen LogP contribution is 2.38. The Balaban J connectivity index is 3.77. The van der Waals surface area contributed by atoms with Gasteiger partial charge in [-0.15, -0.1) is 0 Å². The number of nitrogens with two attached hydrogens (primary N) is 1. The molecule has 0 radical (unpaired) electrons. The molecule has 0 bridgehead atoms. The maximum atomic E-state index is 13.4. The van der Waals surface area contributed by atoms with Crippen LogP contribution in [0.1, 0.15) is 20.7 Å². The number of hydrogen-bond donors (Lipinski definition) is 6. The van der Waals surface area contributed by atoms with Gasteiger partial charge in [0.1, 0.15) is 6.61 Å². The molecule has 0 fully saturated rings. The third-order valence-electron chi connectivity index (χ3n) is 4.17. The lowest BCUT2D eigenvalue weighted by Gasteiger charge is -2.29. The smallest absolute Gasteiger partial charge is 0.256 e. The van der Waals surface area contributed by atoms with Gasteiger partial charge in [0.2, 0.25) is 0 Å². The number of nitrogens with zero attached hydrogens (tertiary/aromatic N) is 2. The molecule has 1 aromatic rings. The van der Waals surface area contributed by atoms with Crippen molar-refractivity contribution in [1.29, 1.82) is 0 Å². The Bertz CT molecular complexity index is 843. The Labute approximate surface area is 219 Å². The summed E-state index contributed by atoms with van der Waals surface area (Å²) in [6.45, 7) is -2.83. The number of carbonyl (C=O) groups is 3. The number of primary amides is 1. The van der Waals surface area contributed by atoms with Crippen molar-refractivity contribution in [2.45, 2.75) is 12.2 Å². The van der Waals surface area contributed by atoms with Crippen molar-refractivity contribution in [3.63, 3.8) is 0 Å². The monoisotopic (exact) mass is 777 g/mol. The molecule has 14 heteroatoms. The second kappa shape index (κ2) is 12.8. The van der Waals surface area contributed by atoms with Crippen LogP contribution in [0.3, 0.4) is 0 Å². The summed E-state index contributed by atoms with van der Waals surface area (Å²) in [6.07, 6.45) is -2.63. The molecule has 3 amide bonds. The van der Waals surface area contributed by atoms with Crippen LogP contribution in [0.2, 0.25) is 0 Å². The Kier molecular flexibility index (Phi) is 11.8. The van der Waals surface area contributed by atoms with Crippen molar-refractivity contribution in [3.05, 3.63) is 21.8 Å². The number of likely N-dealkylation sites (N-methyl/N-ethyl adjacent to an activating group) is 1. The minimum absolute atomic E-state index is 0.0112. The van der Waals surface area contributed by atoms with Crippen LogP contribution in [0.25, 0.3) is 0 Å². The zero-order valence-electron chi connectivity index (χ0n) is 16.3. The Morgan fingerprint density at radius 1 is 0.903 bits per heavy atom. The van der Waals surface area contributed by atoms with Gasteiger partial charge in [-0.2, -0.15) is 0 Å². The molecule has 0 saturated carbocycles. The number of rotatable bonds is 10. The Morgan fingerprint density at radius 2 is 1.35 bits per heavy atom. The molecule has 0 spiro atoms. The Morgan fingerprint density at radius 3 is 1.74 bits per heavy atom. The van der Waals surface area contributed by atoms with Crippen LogP contribution in [0.5, 0.6) is 0 Å². The van der Waals surface area contributed by atoms with Gasteiger partial charge in [0.15, 0.2) is 0 Å². The number of aliphatic hydroxyl groups is 5. The number of carbonyl (C=O) groups excluding carboxylic acids is 3. The molecule has 174 valence electrons. The first-order valence-electron chi connectivity index (χ1n) is 8.67. The van der Waals surface area contributed by atoms with Crippen LogP contribution in [0, 0.1) is 10.7 Å². The molecule has 2 unspecified atom stereocenters. The molecule has 0 aromatic heterocycles. The van der Waals surface area contributed by atoms with E-state index in [0.717, 1.165) is 9.80 Å². The van der Waals surface area contributed by atoms with Gasteiger partial charge < -0.3 is 41.1 Å². The molecular formula is C17H22I3N3O8. The third kappa shape index (κ3) is 6.81. The van der Waals surface area contributed by atoms with Crippen molar-refractivity contribution in [2.75, 3.05) is 44.9 Å². The van der Waals surface area contributed by atoms with Crippen molar-refractivity contribution in [3.8, 4) is 0 Å². The molecule has 0 aliphatic carbocycles. The van der Waals surface area contributed by atoms with Gasteiger partial charge in [-0.25, -0.2) is 0 Å². The fourth-order valence-corrected chi connectivity index (χ4v) is 7.49. The van der Waals surface area contributed by atoms with Gasteiger partial charge in [-0.05, 0) is 67.8 Å². The predicted octanol–water partition coefficient (Wildman–Crippen LogP) is -1.30. The summed E-state index contributed by atoms with van der Waals surface area (Å²) < 4.78 is 0.768. The summed E-state index contributed by atoms with van der Waals surface area (Å²) in [5, 5.41) is 47.2. The first-order chi connectivity index (χ1) is 14.4. The highest BCUT2D eigenvalue weighted by Gasteiger charge is 2.32. The molecule has 0 heterocycles. The third-order valence-corrected chi connectivity index (χ3v) is 7.35. The summed E-state index contributed by atoms with van der Waals surface area (Å²) in [5.41, 5.74) is 5.67. The van der Waals surface area contributed by atoms with E-state index in [-0.39, 0.29) is 37.0 Å². The molecule has 2 atom stereocenters. The second-order valence-corrected chi connectivity index (χ2v) is 9.63. The van der Waals surface area contributed by atoms with E-state index in [1.54, 1.807) is 22.6 Å². The molecule has 1 rings (SSSR count). The number of aliphatic hydroxyl groups excluding tert-OH is 5. The summed E-state index contributed by atoms with van der Waals surface area (Å²) in [5.74, 6) is -2.25. The van der Waals surface area contributed by atoms with Crippen LogP contribution < -0.4 is 10.6 Å². The van der Waals surface area contributed by atoms with E-state index < -0.39 is 49.8 Å². The van der Waals surface area contributed by atoms with Gasteiger partial charge in [0, 0.05) is 23.7 Å². The van der Waals surface area contributed by atoms with Crippen LogP contribution in [-0.4, -0.2) is 100 Å². The lowest BCUT2D eigenvalue weighted by molar-refractivity contribution is -0.121. The highest BCUT2D eigenvalue weighted by atomic mass is 127. The average Bonchev–Trinajstić information content (AvgIpc) is 2.71. The van der Waals surface area contributed by atoms with Crippen LogP contribution in [0.15, 0.2) is 0 Å². The van der Waals surface area contributed by atoms with Gasteiger partial charge in [-0.3, -0.25) is 14.4 Å². The first-order valence-corrected chi connectivity index (χ1v) is 11.9. The van der Waals surface area contributed by atoms with Gasteiger partial charge >= 0.3 is 0 Å². The second-order valence-electron chi connectivity index (χ2n) is 6.40. The molecule has 0 aliphatic heterocycles. The normalized spacial score (nSPS) is 12.9. The molecule has 11 nitrogen and oxygen atoms in total. The quantitative estimate of drug-likeness (QED) is 0.159. The fraction of sp³-hybridized carbons (Fsp3) is 0.471. The van der Waals surface area contributed by atoms with E-state index in [1.807, 2.05) is 45.2 Å². The number of benzene rings is 1. The minimum Gasteiger partial charge on any atom is -0.394 e. The highest BCUT2D eigenvalue weighted by molar-refractivity contribution is 14.1. The zero-order chi connectivity index (χ0) is 24.0. The predicted molar refractivity (Wildman–Crippen MR) is 136 cm³/mol. The van der Waals surface area contributed by atoms with Gasteiger partial charge in [-0.1, -0.05) is 0 Å². The largest absolute Gasteiger partial charge is 0.394 e. The topological polar surface area (TPSA) is 185 Å². The van der Waals surface area contributed by atoms with Crippen LogP contribution >= 0.6 is 67.8 Å². The standard InChI is InChI=1S/C17H22I3N3O8/c1-22(9(29)6-26)15-13(19)10(16(21)30)12(18)11(14(15)20)17(31)23(2-7(27)4-24)3-8(28)5-25/h7-8,24-28H,2-6H2,1H3,(H2,21,30). The summed E-state index contributed by atoms with van der Waals surface area (Å²) >= 11 is 5.42. The fourth-order valence-electron chi connectivity index (χ4n) is 2.60. The van der Waals surface area contributed by atoms with Crippen molar-refractivity contribution in [2.24, 2.45) is 5.73 Å². The Hall–Kier alpha value is -0.380. The zero-order valence-corrected chi connectivity index (χ0v) is 22.7. The van der Waals surface area contributed by atoms with Gasteiger partial charge in [0.05, 0.1) is 49.4 Å². The van der Waals surface area contributed by atoms with Crippen molar-refractivity contribution < 1.29 is 39.9 Å². The van der Waals surface area contributed by atoms with E-state index in [9.17, 15) is 29.7 Å². The molecule has 0 saturated heterocycles. The first kappa shape index (κ1) is 28.7. The lowest BCUT2D eigenvalue weighted by Crippen LogP contribution is -2.44. The SMILES string of the molecule is CN(C(=O)CO)c1c(I)c(C(N)=O)c(I)c(C(=O)N(CC(O)CO)CC(O)CO)c1I. The maximum absolute atomic E-state index is 13.4. The number of halogens is 3. The average molecular weight is 777 g/mol. The number of amides is 3. The lowest BCUT2D eigenvalue weighted by atomic mass is 10.1. The van der Waals surface area contributed by atoms with E-state index in [4.69, 9.17) is 15.9 Å². The number of hydrogen-bond acceptors (Lipinski definition) is 8. The maximum Gasteiger partial charge on any atom is 0.256 e.